The van der Waals surface area contributed by atoms with Gasteiger partial charge in [0.05, 0.1) is 45.0 Å². The first-order valence-electron chi connectivity index (χ1n) is 21.7. The lowest BCUT2D eigenvalue weighted by molar-refractivity contribution is -0.349. The summed E-state index contributed by atoms with van der Waals surface area (Å²) in [5, 5.41) is 3.16. The number of hydrogen-bond donors (Lipinski definition) is 2. The van der Waals surface area contributed by atoms with Crippen molar-refractivity contribution in [3.63, 3.8) is 0 Å². The van der Waals surface area contributed by atoms with E-state index >= 15 is 8.78 Å². The Balaban J connectivity index is 0.000000297. The van der Waals surface area contributed by atoms with Crippen LogP contribution in [-0.4, -0.2) is 62.4 Å². The van der Waals surface area contributed by atoms with Gasteiger partial charge in [0.15, 0.2) is 11.6 Å². The lowest BCUT2D eigenvalue weighted by atomic mass is 9.92. The molecule has 2 N–H and O–H groups in total. The van der Waals surface area contributed by atoms with Gasteiger partial charge in [-0.25, -0.2) is 17.6 Å². The zero-order valence-electron chi connectivity index (χ0n) is 39.8. The molecule has 0 fully saturated rings. The number of benzene rings is 6. The molecule has 0 bridgehead atoms. The third kappa shape index (κ3) is 13.0. The monoisotopic (exact) mass is 1250 g/mol. The first kappa shape index (κ1) is 64.0. The molecule has 0 saturated carbocycles. The van der Waals surface area contributed by atoms with Crippen LogP contribution >= 0.6 is 15.9 Å². The fourth-order valence-electron chi connectivity index (χ4n) is 7.28. The second-order valence-corrected chi connectivity index (χ2v) is 17.4. The number of nitrogens with zero attached hydrogens (tertiary/aromatic N) is 2. The highest BCUT2D eigenvalue weighted by Gasteiger charge is 2.75. The number of nitrogens with one attached hydrogen (secondary N) is 2. The first-order chi connectivity index (χ1) is 37.0. The smallest absolute Gasteiger partial charge is 0.321 e. The van der Waals surface area contributed by atoms with Crippen LogP contribution < -0.4 is 20.4 Å². The molecule has 0 unspecified atom stereocenters. The number of alkyl halides is 20. The fourth-order valence-corrected chi connectivity index (χ4v) is 7.84. The predicted molar refractivity (Wildman–Crippen MR) is 247 cm³/mol. The third-order valence-electron chi connectivity index (χ3n) is 11.4. The maximum absolute atomic E-state index is 15.3. The molecule has 0 spiro atoms. The molecule has 0 aliphatic carbocycles. The van der Waals surface area contributed by atoms with E-state index in [2.05, 4.69) is 15.9 Å². The van der Waals surface area contributed by atoms with Crippen LogP contribution in [0.5, 0.6) is 0 Å². The summed E-state index contributed by atoms with van der Waals surface area (Å²) in [6.07, 6.45) is -38.2. The Bertz CT molecular complexity index is 3300. The van der Waals surface area contributed by atoms with Crippen LogP contribution in [0, 0.1) is 11.6 Å². The Morgan fingerprint density at radius 3 is 1.15 bits per heavy atom. The van der Waals surface area contributed by atoms with E-state index in [4.69, 9.17) is 0 Å². The second kappa shape index (κ2) is 22.9. The van der Waals surface area contributed by atoms with Crippen LogP contribution in [0.3, 0.4) is 0 Å². The van der Waals surface area contributed by atoms with E-state index in [1.165, 1.54) is 48.5 Å². The highest BCUT2D eigenvalue weighted by Crippen LogP contribution is 2.56. The van der Waals surface area contributed by atoms with Crippen molar-refractivity contribution in [2.45, 2.75) is 48.4 Å². The Hall–Kier alpha value is -7.86. The van der Waals surface area contributed by atoms with Gasteiger partial charge in [-0.1, -0.05) is 54.6 Å². The summed E-state index contributed by atoms with van der Waals surface area (Å²) in [6, 6.07) is 18.8. The standard InChI is InChI=1S/C25H14BrF11N2O2.C25H15F11N2O2/c1-39(21(41)12-6-3-2-4-7-12)17-9-5-8-14(18(17)27)20(40)38-19-15(23(29,30)31)10-13(11-16(19)26)22(28,24(32,33)34)25(35,36)37;1-38(21(40)13-6-3-2-4-7-13)18-9-5-8-15(19(18)26)20(39)37-17-11-10-14(12-16(17)23(28,29)30)22(27,24(31,32)33)25(34,35)36/h2-11H,1H3,(H,38,40);2-12H,1H3,(H,37,39). The topological polar surface area (TPSA) is 98.8 Å². The molecule has 0 radical (unpaired) electrons. The summed E-state index contributed by atoms with van der Waals surface area (Å²) in [6.45, 7) is 0. The molecular formula is C50H29BrF22N4O4. The molecule has 0 heterocycles. The van der Waals surface area contributed by atoms with Gasteiger partial charge in [-0.2, -0.15) is 79.0 Å². The van der Waals surface area contributed by atoms with Crippen molar-refractivity contribution in [3.8, 4) is 0 Å². The van der Waals surface area contributed by atoms with Crippen LogP contribution in [0.2, 0.25) is 0 Å². The first-order valence-corrected chi connectivity index (χ1v) is 22.4. The lowest BCUT2D eigenvalue weighted by Gasteiger charge is -2.31. The van der Waals surface area contributed by atoms with Crippen LogP contribution in [0.4, 0.5) is 119 Å². The summed E-state index contributed by atoms with van der Waals surface area (Å²) < 4.78 is 297. The summed E-state index contributed by atoms with van der Waals surface area (Å²) >= 11 is 2.36. The number of hydrogen-bond acceptors (Lipinski definition) is 4. The van der Waals surface area contributed by atoms with Gasteiger partial charge in [0.2, 0.25) is 0 Å². The Kier molecular flexibility index (Phi) is 18.1. The molecule has 81 heavy (non-hydrogen) atoms. The number of anilines is 4. The van der Waals surface area contributed by atoms with Crippen molar-refractivity contribution in [1.29, 1.82) is 0 Å². The Labute approximate surface area is 448 Å². The molecule has 6 aromatic carbocycles. The molecule has 31 heteroatoms. The minimum absolute atomic E-state index is 0.0192. The average molecular weight is 1250 g/mol. The summed E-state index contributed by atoms with van der Waals surface area (Å²) in [5.74, 6) is -7.46. The molecule has 0 aliphatic rings. The van der Waals surface area contributed by atoms with Crippen molar-refractivity contribution in [1.82, 2.24) is 0 Å². The Morgan fingerprint density at radius 1 is 0.420 bits per heavy atom. The summed E-state index contributed by atoms with van der Waals surface area (Å²) in [5.41, 5.74) is -27.2. The number of carbonyl (C=O) groups is 4. The minimum atomic E-state index is -6.72. The van der Waals surface area contributed by atoms with E-state index in [-0.39, 0.29) is 29.3 Å². The van der Waals surface area contributed by atoms with E-state index in [1.807, 2.05) is 0 Å². The van der Waals surface area contributed by atoms with Gasteiger partial charge < -0.3 is 20.4 Å². The van der Waals surface area contributed by atoms with E-state index in [9.17, 15) is 107 Å². The normalized spacial score (nSPS) is 12.7. The van der Waals surface area contributed by atoms with Crippen LogP contribution in [0.1, 0.15) is 63.7 Å². The molecule has 0 aliphatic heterocycles. The van der Waals surface area contributed by atoms with Crippen molar-refractivity contribution in [3.05, 3.63) is 188 Å². The molecule has 434 valence electrons. The highest BCUT2D eigenvalue weighted by atomic mass is 79.9. The zero-order chi connectivity index (χ0) is 61.4. The fraction of sp³-hybridized carbons (Fsp3) is 0.200. The molecule has 6 aromatic rings. The molecule has 6 rings (SSSR count). The number of carbonyl (C=O) groups excluding carboxylic acids is 4. The van der Waals surface area contributed by atoms with Crippen molar-refractivity contribution in [2.24, 2.45) is 0 Å². The number of amides is 4. The van der Waals surface area contributed by atoms with Gasteiger partial charge >= 0.3 is 48.4 Å². The van der Waals surface area contributed by atoms with Gasteiger partial charge in [-0.05, 0) is 88.7 Å². The van der Waals surface area contributed by atoms with Crippen molar-refractivity contribution in [2.75, 3.05) is 34.5 Å². The van der Waals surface area contributed by atoms with Crippen molar-refractivity contribution >= 4 is 62.3 Å². The molecule has 4 amide bonds. The molecule has 0 atom stereocenters. The molecule has 8 nitrogen and oxygen atoms in total. The highest BCUT2D eigenvalue weighted by molar-refractivity contribution is 9.10. The second-order valence-electron chi connectivity index (χ2n) is 16.6. The van der Waals surface area contributed by atoms with Crippen LogP contribution in [0.15, 0.2) is 132 Å². The van der Waals surface area contributed by atoms with Crippen LogP contribution in [0.25, 0.3) is 0 Å². The molecule has 0 saturated heterocycles. The largest absolute Gasteiger partial charge is 0.435 e. The summed E-state index contributed by atoms with van der Waals surface area (Å²) in [7, 11) is 2.28. The van der Waals surface area contributed by atoms with Gasteiger partial charge in [-0.3, -0.25) is 19.2 Å². The van der Waals surface area contributed by atoms with E-state index < -0.39 is 156 Å². The third-order valence-corrected chi connectivity index (χ3v) is 12.0. The number of halogens is 23. The number of rotatable bonds is 10. The maximum atomic E-state index is 15.3. The Morgan fingerprint density at radius 2 is 0.778 bits per heavy atom. The van der Waals surface area contributed by atoms with E-state index in [1.54, 1.807) is 22.8 Å². The predicted octanol–water partition coefficient (Wildman–Crippen LogP) is 16.1. The van der Waals surface area contributed by atoms with Gasteiger partial charge in [-0.15, -0.1) is 0 Å². The zero-order valence-corrected chi connectivity index (χ0v) is 41.4. The average Bonchev–Trinajstić information content (AvgIpc) is 3.56. The lowest BCUT2D eigenvalue weighted by Crippen LogP contribution is -2.50. The molecule has 0 aromatic heterocycles. The van der Waals surface area contributed by atoms with Gasteiger partial charge in [0.25, 0.3) is 23.6 Å². The summed E-state index contributed by atoms with van der Waals surface area (Å²) in [4.78, 5) is 52.4. The van der Waals surface area contributed by atoms with Gasteiger partial charge in [0, 0.05) is 40.8 Å². The quantitative estimate of drug-likeness (QED) is 0.134. The van der Waals surface area contributed by atoms with Gasteiger partial charge in [0.1, 0.15) is 0 Å². The van der Waals surface area contributed by atoms with E-state index in [0.29, 0.717) is 0 Å². The maximum Gasteiger partial charge on any atom is 0.435 e. The van der Waals surface area contributed by atoms with Crippen molar-refractivity contribution < 1.29 is 116 Å². The van der Waals surface area contributed by atoms with E-state index in [0.717, 1.165) is 60.3 Å². The molecular weight excluding hydrogens is 1220 g/mol. The minimum Gasteiger partial charge on any atom is -0.321 e. The van der Waals surface area contributed by atoms with Crippen LogP contribution in [-0.2, 0) is 23.7 Å². The SMILES string of the molecule is CN(C(=O)c1ccccc1)c1cccc(C(=O)Nc2c(Br)cc(C(F)(C(F)(F)F)C(F)(F)F)cc2C(F)(F)F)c1F.CN(C(=O)c1ccccc1)c1cccc(C(=O)Nc2ccc(C(F)(C(F)(F)F)C(F)(F)F)cc2C(F)(F)F)c1F.